The summed E-state index contributed by atoms with van der Waals surface area (Å²) in [5, 5.41) is 11.1. The van der Waals surface area contributed by atoms with Gasteiger partial charge in [0.05, 0.1) is 0 Å². The maximum absolute atomic E-state index is 11.7. The zero-order chi connectivity index (χ0) is 11.4. The Morgan fingerprint density at radius 1 is 1.53 bits per heavy atom. The van der Waals surface area contributed by atoms with E-state index in [2.05, 4.69) is 5.32 Å². The van der Waals surface area contributed by atoms with E-state index >= 15 is 0 Å². The van der Waals surface area contributed by atoms with Gasteiger partial charge in [-0.25, -0.2) is 0 Å². The van der Waals surface area contributed by atoms with Crippen LogP contribution in [0.25, 0.3) is 0 Å². The summed E-state index contributed by atoms with van der Waals surface area (Å²) in [6.45, 7) is 1.96. The summed E-state index contributed by atoms with van der Waals surface area (Å²) in [6.07, 6.45) is 2.79. The quantitative estimate of drug-likeness (QED) is 0.611. The van der Waals surface area contributed by atoms with Crippen molar-refractivity contribution >= 4 is 11.9 Å². The zero-order valence-corrected chi connectivity index (χ0v) is 8.90. The summed E-state index contributed by atoms with van der Waals surface area (Å²) in [5.41, 5.74) is 5.56. The standard InChI is InChI=1S/C10H18N2O3/c1-6(10(14)15)12-9(13)8-4-2-3-7(8)5-11/h6-8H,2-5,11H2,1H3,(H,12,13)(H,14,15)/t6-,7?,8?/m1/s1. The molecule has 5 nitrogen and oxygen atoms in total. The fourth-order valence-corrected chi connectivity index (χ4v) is 2.05. The van der Waals surface area contributed by atoms with Crippen LogP contribution in [0.15, 0.2) is 0 Å². The third-order valence-corrected chi connectivity index (χ3v) is 3.03. The SMILES string of the molecule is C[C@@H](NC(=O)C1CCCC1CN)C(=O)O. The van der Waals surface area contributed by atoms with Crippen LogP contribution in [0.5, 0.6) is 0 Å². The Morgan fingerprint density at radius 3 is 2.73 bits per heavy atom. The minimum absolute atomic E-state index is 0.100. The number of hydrogen-bond acceptors (Lipinski definition) is 3. The van der Waals surface area contributed by atoms with E-state index in [9.17, 15) is 9.59 Å². The summed E-state index contributed by atoms with van der Waals surface area (Å²) >= 11 is 0. The predicted molar refractivity (Wildman–Crippen MR) is 55.1 cm³/mol. The van der Waals surface area contributed by atoms with Crippen molar-refractivity contribution in [3.8, 4) is 0 Å². The van der Waals surface area contributed by atoms with Crippen molar-refractivity contribution in [1.82, 2.24) is 5.32 Å². The number of carboxylic acid groups (broad SMARTS) is 1. The highest BCUT2D eigenvalue weighted by Gasteiger charge is 2.32. The van der Waals surface area contributed by atoms with E-state index in [1.807, 2.05) is 0 Å². The lowest BCUT2D eigenvalue weighted by Gasteiger charge is -2.18. The molecule has 4 N–H and O–H groups in total. The summed E-state index contributed by atoms with van der Waals surface area (Å²) in [7, 11) is 0. The second kappa shape index (κ2) is 5.11. The molecule has 1 aliphatic rings. The highest BCUT2D eigenvalue weighted by molar-refractivity contribution is 5.85. The average molecular weight is 214 g/mol. The lowest BCUT2D eigenvalue weighted by molar-refractivity contribution is -0.142. The van der Waals surface area contributed by atoms with Crippen LogP contribution in [0.3, 0.4) is 0 Å². The van der Waals surface area contributed by atoms with Gasteiger partial charge in [0.1, 0.15) is 6.04 Å². The molecule has 0 saturated heterocycles. The zero-order valence-electron chi connectivity index (χ0n) is 8.90. The molecule has 0 spiro atoms. The highest BCUT2D eigenvalue weighted by atomic mass is 16.4. The van der Waals surface area contributed by atoms with Crippen LogP contribution in [0.2, 0.25) is 0 Å². The van der Waals surface area contributed by atoms with Crippen LogP contribution in [0.4, 0.5) is 0 Å². The van der Waals surface area contributed by atoms with E-state index in [4.69, 9.17) is 10.8 Å². The van der Waals surface area contributed by atoms with Gasteiger partial charge < -0.3 is 16.2 Å². The number of carboxylic acids is 1. The van der Waals surface area contributed by atoms with Gasteiger partial charge in [0.2, 0.25) is 5.91 Å². The second-order valence-corrected chi connectivity index (χ2v) is 4.10. The molecule has 1 aliphatic carbocycles. The first-order valence-electron chi connectivity index (χ1n) is 5.29. The normalized spacial score (nSPS) is 27.3. The molecule has 1 rings (SSSR count). The third kappa shape index (κ3) is 2.92. The van der Waals surface area contributed by atoms with E-state index in [1.54, 1.807) is 0 Å². The lowest BCUT2D eigenvalue weighted by Crippen LogP contribution is -2.43. The molecular weight excluding hydrogens is 196 g/mol. The Labute approximate surface area is 89.0 Å². The molecule has 1 amide bonds. The number of rotatable bonds is 4. The van der Waals surface area contributed by atoms with Crippen LogP contribution in [-0.4, -0.2) is 29.6 Å². The van der Waals surface area contributed by atoms with Gasteiger partial charge in [0.25, 0.3) is 0 Å². The molecule has 15 heavy (non-hydrogen) atoms. The molecule has 3 atom stereocenters. The van der Waals surface area contributed by atoms with Crippen LogP contribution in [0.1, 0.15) is 26.2 Å². The fraction of sp³-hybridized carbons (Fsp3) is 0.800. The maximum Gasteiger partial charge on any atom is 0.325 e. The lowest BCUT2D eigenvalue weighted by atomic mass is 9.95. The van der Waals surface area contributed by atoms with E-state index in [1.165, 1.54) is 6.92 Å². The van der Waals surface area contributed by atoms with Gasteiger partial charge in [0.15, 0.2) is 0 Å². The summed E-state index contributed by atoms with van der Waals surface area (Å²) in [6, 6.07) is -0.823. The molecule has 0 radical (unpaired) electrons. The van der Waals surface area contributed by atoms with Gasteiger partial charge in [-0.15, -0.1) is 0 Å². The van der Waals surface area contributed by atoms with Gasteiger partial charge in [0, 0.05) is 5.92 Å². The van der Waals surface area contributed by atoms with Gasteiger partial charge in [-0.3, -0.25) is 9.59 Å². The van der Waals surface area contributed by atoms with Crippen LogP contribution in [0, 0.1) is 11.8 Å². The van der Waals surface area contributed by atoms with Crippen molar-refractivity contribution in [2.24, 2.45) is 17.6 Å². The molecule has 5 heteroatoms. The van der Waals surface area contributed by atoms with Gasteiger partial charge in [-0.2, -0.15) is 0 Å². The molecule has 1 saturated carbocycles. The van der Waals surface area contributed by atoms with E-state index in [0.717, 1.165) is 19.3 Å². The number of carbonyl (C=O) groups excluding carboxylic acids is 1. The number of hydrogen-bond donors (Lipinski definition) is 3. The molecule has 1 fully saturated rings. The molecule has 0 heterocycles. The first-order valence-corrected chi connectivity index (χ1v) is 5.29. The molecule has 0 aromatic heterocycles. The van der Waals surface area contributed by atoms with Crippen molar-refractivity contribution in [2.75, 3.05) is 6.54 Å². The minimum atomic E-state index is -1.01. The fourth-order valence-electron chi connectivity index (χ4n) is 2.05. The molecule has 0 aliphatic heterocycles. The van der Waals surface area contributed by atoms with Crippen LogP contribution < -0.4 is 11.1 Å². The number of carbonyl (C=O) groups is 2. The van der Waals surface area contributed by atoms with Crippen molar-refractivity contribution in [2.45, 2.75) is 32.2 Å². The van der Waals surface area contributed by atoms with Crippen LogP contribution >= 0.6 is 0 Å². The van der Waals surface area contributed by atoms with Gasteiger partial charge in [-0.1, -0.05) is 6.42 Å². The van der Waals surface area contributed by atoms with E-state index in [-0.39, 0.29) is 17.7 Å². The largest absolute Gasteiger partial charge is 0.480 e. The summed E-state index contributed by atoms with van der Waals surface area (Å²) in [4.78, 5) is 22.3. The molecule has 2 unspecified atom stereocenters. The number of nitrogens with two attached hydrogens (primary N) is 1. The number of aliphatic carboxylic acids is 1. The smallest absolute Gasteiger partial charge is 0.325 e. The van der Waals surface area contributed by atoms with Crippen molar-refractivity contribution in [1.29, 1.82) is 0 Å². The molecular formula is C10H18N2O3. The van der Waals surface area contributed by atoms with Crippen molar-refractivity contribution in [3.63, 3.8) is 0 Å². The number of nitrogens with one attached hydrogen (secondary N) is 1. The van der Waals surface area contributed by atoms with Gasteiger partial charge in [-0.05, 0) is 32.2 Å². The second-order valence-electron chi connectivity index (χ2n) is 4.10. The topological polar surface area (TPSA) is 92.4 Å². The maximum atomic E-state index is 11.7. The Hall–Kier alpha value is -1.10. The molecule has 0 bridgehead atoms. The first-order chi connectivity index (χ1) is 7.06. The van der Waals surface area contributed by atoms with Crippen molar-refractivity contribution < 1.29 is 14.7 Å². The molecule has 86 valence electrons. The predicted octanol–water partition coefficient (Wildman–Crippen LogP) is -0.0493. The first kappa shape index (κ1) is 12.0. The summed E-state index contributed by atoms with van der Waals surface area (Å²) in [5.74, 6) is -1.06. The van der Waals surface area contributed by atoms with Gasteiger partial charge >= 0.3 is 5.97 Å². The highest BCUT2D eigenvalue weighted by Crippen LogP contribution is 2.30. The van der Waals surface area contributed by atoms with E-state index < -0.39 is 12.0 Å². The Balaban J connectivity index is 2.49. The third-order valence-electron chi connectivity index (χ3n) is 3.03. The number of amides is 1. The Bertz CT molecular complexity index is 255. The Morgan fingerprint density at radius 2 is 2.20 bits per heavy atom. The minimum Gasteiger partial charge on any atom is -0.480 e. The van der Waals surface area contributed by atoms with E-state index in [0.29, 0.717) is 6.54 Å². The molecule has 0 aromatic carbocycles. The molecule has 0 aromatic rings. The summed E-state index contributed by atoms with van der Waals surface area (Å²) < 4.78 is 0. The monoisotopic (exact) mass is 214 g/mol. The Kier molecular flexibility index (Phi) is 4.08. The average Bonchev–Trinajstić information content (AvgIpc) is 2.64. The van der Waals surface area contributed by atoms with Crippen LogP contribution in [-0.2, 0) is 9.59 Å². The van der Waals surface area contributed by atoms with Crippen molar-refractivity contribution in [3.05, 3.63) is 0 Å².